The van der Waals surface area contributed by atoms with E-state index in [9.17, 15) is 4.79 Å². The number of benzene rings is 1. The van der Waals surface area contributed by atoms with Gasteiger partial charge in [-0.2, -0.15) is 0 Å². The molecule has 250 valence electrons. The molecule has 2 aromatic rings. The maximum Gasteiger partial charge on any atom is 0.247 e. The Labute approximate surface area is 280 Å². The molecule has 6 nitrogen and oxygen atoms in total. The number of allylic oxidation sites excluding steroid dienone is 6. The molecule has 3 heterocycles. The number of carbonyl (C=O) groups excluding carboxylic acids is 1. The van der Waals surface area contributed by atoms with Gasteiger partial charge in [-0.05, 0) is 94.0 Å². The van der Waals surface area contributed by atoms with E-state index >= 15 is 0 Å². The van der Waals surface area contributed by atoms with E-state index in [1.165, 1.54) is 48.7 Å². The van der Waals surface area contributed by atoms with Crippen LogP contribution in [0.5, 0.6) is 0 Å². The average Bonchev–Trinajstić information content (AvgIpc) is 3.08. The second-order valence-electron chi connectivity index (χ2n) is 11.0. The van der Waals surface area contributed by atoms with Gasteiger partial charge in [0.05, 0.1) is 11.4 Å². The average molecular weight is 626 g/mol. The first kappa shape index (κ1) is 39.8. The minimum atomic E-state index is 0.0891. The van der Waals surface area contributed by atoms with Crippen molar-refractivity contribution in [3.63, 3.8) is 0 Å². The highest BCUT2D eigenvalue weighted by Gasteiger charge is 2.30. The summed E-state index contributed by atoms with van der Waals surface area (Å²) in [6, 6.07) is 12.3. The van der Waals surface area contributed by atoms with Crippen molar-refractivity contribution in [1.29, 1.82) is 0 Å². The molecule has 6 heteroatoms. The molecule has 2 N–H and O–H groups in total. The molecule has 0 unspecified atom stereocenters. The molecule has 1 aromatic carbocycles. The van der Waals surface area contributed by atoms with E-state index in [1.807, 2.05) is 43.2 Å². The van der Waals surface area contributed by atoms with Crippen LogP contribution in [-0.4, -0.2) is 30.2 Å². The maximum absolute atomic E-state index is 13.1. The number of pyridine rings is 1. The van der Waals surface area contributed by atoms with E-state index in [2.05, 4.69) is 99.2 Å². The van der Waals surface area contributed by atoms with Crippen molar-refractivity contribution in [2.24, 2.45) is 10.7 Å². The molecule has 46 heavy (non-hydrogen) atoms. The van der Waals surface area contributed by atoms with Gasteiger partial charge < -0.3 is 15.5 Å². The maximum atomic E-state index is 13.1. The molecule has 0 spiro atoms. The van der Waals surface area contributed by atoms with Crippen molar-refractivity contribution in [2.45, 2.75) is 99.8 Å². The van der Waals surface area contributed by atoms with E-state index in [-0.39, 0.29) is 5.91 Å². The van der Waals surface area contributed by atoms with Crippen LogP contribution in [0.4, 0.5) is 11.4 Å². The van der Waals surface area contributed by atoms with Crippen molar-refractivity contribution in [3.05, 3.63) is 108 Å². The van der Waals surface area contributed by atoms with Gasteiger partial charge in [-0.25, -0.2) is 0 Å². The molecule has 2 aliphatic heterocycles. The molecule has 0 saturated carbocycles. The normalized spacial score (nSPS) is 13.7. The largest absolute Gasteiger partial charge is 0.405 e. The van der Waals surface area contributed by atoms with E-state index in [0.717, 1.165) is 53.2 Å². The van der Waals surface area contributed by atoms with E-state index in [4.69, 9.17) is 0 Å². The van der Waals surface area contributed by atoms with E-state index < -0.39 is 0 Å². The second-order valence-corrected chi connectivity index (χ2v) is 11.0. The van der Waals surface area contributed by atoms with Gasteiger partial charge in [-0.15, -0.1) is 0 Å². The van der Waals surface area contributed by atoms with Crippen LogP contribution in [0.3, 0.4) is 0 Å². The van der Waals surface area contributed by atoms with Crippen LogP contribution in [0.1, 0.15) is 105 Å². The van der Waals surface area contributed by atoms with Crippen molar-refractivity contribution in [3.8, 4) is 0 Å². The number of unbranched alkanes of at least 4 members (excludes halogenated alkanes) is 1. The van der Waals surface area contributed by atoms with Crippen LogP contribution in [0.2, 0.25) is 0 Å². The van der Waals surface area contributed by atoms with Crippen LogP contribution in [0, 0.1) is 0 Å². The molecule has 0 fully saturated rings. The fraction of sp³-hybridized carbons (Fsp3) is 0.425. The lowest BCUT2D eigenvalue weighted by molar-refractivity contribution is -0.117. The number of rotatable bonds is 11. The standard InChI is InChI=1S/C27H33N3O.C9H15N.C2H5N.C2H6/c1-7-20(5)27(19(3)4)22-12-13-24-25(17-22)30(21(6)8-2)18-26(31)29(24)16-14-23-11-9-10-15-28-23;1-2-3-6-9-7-4-5-8-10-9;1-2-3;1-2/h9-13,15,17H,3,6-8,14,16,18H2,1-2,4-5H3;7-8H,2-6H2,1H3;2H,1,3H2;1-2H3/b27-20+;;;. The Bertz CT molecular complexity index is 1350. The predicted molar refractivity (Wildman–Crippen MR) is 202 cm³/mol. The molecule has 1 aromatic heterocycles. The summed E-state index contributed by atoms with van der Waals surface area (Å²) in [6.07, 6.45) is 15.9. The molecule has 2 aliphatic rings. The highest BCUT2D eigenvalue weighted by atomic mass is 16.2. The number of aromatic nitrogens is 1. The third-order valence-corrected chi connectivity index (χ3v) is 7.65. The van der Waals surface area contributed by atoms with Gasteiger partial charge in [0.2, 0.25) is 5.91 Å². The van der Waals surface area contributed by atoms with Crippen LogP contribution < -0.4 is 15.5 Å². The quantitative estimate of drug-likeness (QED) is 0.252. The van der Waals surface area contributed by atoms with E-state index in [1.54, 1.807) is 6.20 Å². The van der Waals surface area contributed by atoms with Crippen molar-refractivity contribution >= 4 is 29.1 Å². The summed E-state index contributed by atoms with van der Waals surface area (Å²) in [5.41, 5.74) is 14.5. The zero-order chi connectivity index (χ0) is 34.5. The van der Waals surface area contributed by atoms with Crippen LogP contribution >= 0.6 is 0 Å². The highest BCUT2D eigenvalue weighted by Crippen LogP contribution is 2.40. The smallest absolute Gasteiger partial charge is 0.247 e. The number of hydrogen-bond acceptors (Lipinski definition) is 5. The zero-order valence-corrected chi connectivity index (χ0v) is 29.7. The predicted octanol–water partition coefficient (Wildman–Crippen LogP) is 10.2. The minimum Gasteiger partial charge on any atom is -0.405 e. The SMILES string of the molecule is C=C(C)/C(=C(/C)CC)c1ccc2c(c1)N(C(=C)CC)CC(=O)N2CCc1ccccn1.C=CN.CC.CCCCC1=CCCC=N1. The lowest BCUT2D eigenvalue weighted by atomic mass is 9.92. The first-order valence-electron chi connectivity index (χ1n) is 16.9. The Morgan fingerprint density at radius 2 is 1.72 bits per heavy atom. The van der Waals surface area contributed by atoms with Crippen LogP contribution in [-0.2, 0) is 11.2 Å². The minimum absolute atomic E-state index is 0.0891. The molecule has 0 radical (unpaired) electrons. The first-order chi connectivity index (χ1) is 22.2. The number of nitrogens with zero attached hydrogens (tertiary/aromatic N) is 4. The monoisotopic (exact) mass is 625 g/mol. The van der Waals surface area contributed by atoms with Gasteiger partial charge in [-0.3, -0.25) is 14.8 Å². The van der Waals surface area contributed by atoms with Gasteiger partial charge in [0, 0.05) is 42.5 Å². The fourth-order valence-electron chi connectivity index (χ4n) is 5.17. The van der Waals surface area contributed by atoms with Gasteiger partial charge in [0.25, 0.3) is 0 Å². The fourth-order valence-corrected chi connectivity index (χ4v) is 5.17. The molecule has 0 saturated heterocycles. The van der Waals surface area contributed by atoms with Gasteiger partial charge >= 0.3 is 0 Å². The Kier molecular flexibility index (Phi) is 19.3. The number of fused-ring (bicyclic) bond motifs is 1. The number of amides is 1. The van der Waals surface area contributed by atoms with Gasteiger partial charge in [-0.1, -0.05) is 90.1 Å². The molecule has 0 bridgehead atoms. The molecule has 0 aliphatic carbocycles. The number of carbonyl (C=O) groups is 1. The Morgan fingerprint density at radius 1 is 1.00 bits per heavy atom. The van der Waals surface area contributed by atoms with Crippen LogP contribution in [0.15, 0.2) is 102 Å². The van der Waals surface area contributed by atoms with Crippen LogP contribution in [0.25, 0.3) is 5.57 Å². The summed E-state index contributed by atoms with van der Waals surface area (Å²) < 4.78 is 0. The first-order valence-corrected chi connectivity index (χ1v) is 16.9. The lowest BCUT2D eigenvalue weighted by Crippen LogP contribution is -2.46. The molecule has 4 rings (SSSR count). The number of hydrogen-bond donors (Lipinski definition) is 1. The lowest BCUT2D eigenvalue weighted by Gasteiger charge is -2.38. The van der Waals surface area contributed by atoms with Gasteiger partial charge in [0.15, 0.2) is 0 Å². The molecule has 1 amide bonds. The third kappa shape index (κ3) is 12.3. The van der Waals surface area contributed by atoms with E-state index in [0.29, 0.717) is 19.5 Å². The van der Waals surface area contributed by atoms with Gasteiger partial charge in [0.1, 0.15) is 6.54 Å². The second kappa shape index (κ2) is 22.3. The Morgan fingerprint density at radius 3 is 2.26 bits per heavy atom. The summed E-state index contributed by atoms with van der Waals surface area (Å²) >= 11 is 0. The summed E-state index contributed by atoms with van der Waals surface area (Å²) in [4.78, 5) is 25.8. The number of anilines is 2. The number of nitrogens with two attached hydrogens (primary N) is 1. The topological polar surface area (TPSA) is 74.8 Å². The van der Waals surface area contributed by atoms with Crippen molar-refractivity contribution < 1.29 is 4.79 Å². The molecule has 0 atom stereocenters. The van der Waals surface area contributed by atoms with Crippen molar-refractivity contribution in [2.75, 3.05) is 22.9 Å². The Balaban J connectivity index is 0.000000586. The Hall–Kier alpha value is -4.19. The molecular weight excluding hydrogens is 566 g/mol. The summed E-state index contributed by atoms with van der Waals surface area (Å²) in [7, 11) is 0. The summed E-state index contributed by atoms with van der Waals surface area (Å²) in [6.45, 7) is 27.2. The summed E-state index contributed by atoms with van der Waals surface area (Å²) in [5, 5.41) is 0. The highest BCUT2D eigenvalue weighted by molar-refractivity contribution is 6.04. The summed E-state index contributed by atoms with van der Waals surface area (Å²) in [5.74, 6) is 0.0891. The molecular formula is C40H59N5O. The zero-order valence-electron chi connectivity index (χ0n) is 29.7. The third-order valence-electron chi connectivity index (χ3n) is 7.65. The number of aliphatic imine (C=N–C) groups is 1. The van der Waals surface area contributed by atoms with Crippen molar-refractivity contribution in [1.82, 2.24) is 4.98 Å².